The number of aliphatic hydroxyl groups excluding tert-OH is 1. The number of aryl methyl sites for hydroxylation is 2. The second-order valence-corrected chi connectivity index (χ2v) is 5.19. The highest BCUT2D eigenvalue weighted by Crippen LogP contribution is 2.28. The Labute approximate surface area is 119 Å². The molecule has 1 heterocycles. The lowest BCUT2D eigenvalue weighted by Crippen LogP contribution is -1.88. The van der Waals surface area contributed by atoms with Crippen LogP contribution in [0.3, 0.4) is 0 Å². The van der Waals surface area contributed by atoms with Gasteiger partial charge in [0.05, 0.1) is 0 Å². The summed E-state index contributed by atoms with van der Waals surface area (Å²) in [5.41, 5.74) is 5.05. The van der Waals surface area contributed by atoms with Crippen LogP contribution in [-0.2, 0) is 13.5 Å². The van der Waals surface area contributed by atoms with Crippen molar-refractivity contribution >= 4 is 10.9 Å². The van der Waals surface area contributed by atoms with Crippen LogP contribution in [0.1, 0.15) is 12.0 Å². The first-order chi connectivity index (χ1) is 9.79. The maximum Gasteiger partial charge on any atom is 0.0480 e. The smallest absolute Gasteiger partial charge is 0.0480 e. The summed E-state index contributed by atoms with van der Waals surface area (Å²) < 4.78 is 2.16. The third-order valence-corrected chi connectivity index (χ3v) is 3.78. The summed E-state index contributed by atoms with van der Waals surface area (Å²) in [7, 11) is 2.08. The molecule has 102 valence electrons. The van der Waals surface area contributed by atoms with Crippen molar-refractivity contribution in [1.82, 2.24) is 4.57 Å². The highest BCUT2D eigenvalue weighted by Gasteiger charge is 2.08. The minimum Gasteiger partial charge on any atom is -0.396 e. The zero-order valence-corrected chi connectivity index (χ0v) is 11.7. The highest BCUT2D eigenvalue weighted by molar-refractivity contribution is 5.88. The zero-order valence-electron chi connectivity index (χ0n) is 11.7. The van der Waals surface area contributed by atoms with Crippen LogP contribution in [0.2, 0.25) is 0 Å². The van der Waals surface area contributed by atoms with Crippen molar-refractivity contribution in [1.29, 1.82) is 0 Å². The molecule has 0 amide bonds. The number of aliphatic hydroxyl groups is 1. The van der Waals surface area contributed by atoms with Crippen molar-refractivity contribution < 1.29 is 5.11 Å². The van der Waals surface area contributed by atoms with E-state index in [4.69, 9.17) is 5.11 Å². The highest BCUT2D eigenvalue weighted by atomic mass is 16.2. The Morgan fingerprint density at radius 2 is 1.80 bits per heavy atom. The molecular formula is C18H19NO. The number of benzene rings is 2. The molecule has 1 N–H and O–H groups in total. The van der Waals surface area contributed by atoms with Crippen molar-refractivity contribution in [3.8, 4) is 11.1 Å². The van der Waals surface area contributed by atoms with Crippen LogP contribution in [0.4, 0.5) is 0 Å². The lowest BCUT2D eigenvalue weighted by atomic mass is 10.0. The van der Waals surface area contributed by atoms with E-state index in [0.717, 1.165) is 12.8 Å². The molecule has 0 spiro atoms. The quantitative estimate of drug-likeness (QED) is 0.763. The second kappa shape index (κ2) is 5.51. The summed E-state index contributed by atoms with van der Waals surface area (Å²) in [5, 5.41) is 10.3. The summed E-state index contributed by atoms with van der Waals surface area (Å²) in [5.74, 6) is 0. The molecule has 0 saturated carbocycles. The van der Waals surface area contributed by atoms with Crippen LogP contribution in [0, 0.1) is 0 Å². The Morgan fingerprint density at radius 3 is 2.55 bits per heavy atom. The van der Waals surface area contributed by atoms with Gasteiger partial charge in [-0.1, -0.05) is 36.4 Å². The van der Waals surface area contributed by atoms with E-state index in [2.05, 4.69) is 60.3 Å². The van der Waals surface area contributed by atoms with Gasteiger partial charge in [-0.3, -0.25) is 0 Å². The van der Waals surface area contributed by atoms with E-state index in [1.807, 2.05) is 6.07 Å². The van der Waals surface area contributed by atoms with Gasteiger partial charge >= 0.3 is 0 Å². The molecular weight excluding hydrogens is 246 g/mol. The Morgan fingerprint density at radius 1 is 1.00 bits per heavy atom. The standard InChI is InChI=1S/C18H19NO/c1-19-13-16(8-5-11-20)17-12-15(9-10-18(17)19)14-6-3-2-4-7-14/h2-4,6-7,9-10,12-13,20H,5,8,11H2,1H3. The second-order valence-electron chi connectivity index (χ2n) is 5.19. The van der Waals surface area contributed by atoms with Crippen molar-refractivity contribution in [3.05, 3.63) is 60.3 Å². The normalized spacial score (nSPS) is 11.1. The minimum absolute atomic E-state index is 0.245. The van der Waals surface area contributed by atoms with Gasteiger partial charge in [-0.05, 0) is 41.7 Å². The minimum atomic E-state index is 0.245. The van der Waals surface area contributed by atoms with Gasteiger partial charge in [0, 0.05) is 30.8 Å². The van der Waals surface area contributed by atoms with Gasteiger partial charge in [-0.15, -0.1) is 0 Å². The molecule has 2 heteroatoms. The number of hydrogen-bond acceptors (Lipinski definition) is 1. The molecule has 0 radical (unpaired) electrons. The van der Waals surface area contributed by atoms with E-state index >= 15 is 0 Å². The first-order valence-electron chi connectivity index (χ1n) is 7.04. The first-order valence-corrected chi connectivity index (χ1v) is 7.04. The van der Waals surface area contributed by atoms with Gasteiger partial charge in [0.25, 0.3) is 0 Å². The summed E-state index contributed by atoms with van der Waals surface area (Å²) in [6, 6.07) is 17.1. The SMILES string of the molecule is Cn1cc(CCCO)c2cc(-c3ccccc3)ccc21. The molecule has 0 aliphatic heterocycles. The number of fused-ring (bicyclic) bond motifs is 1. The van der Waals surface area contributed by atoms with Gasteiger partial charge in [0.2, 0.25) is 0 Å². The molecule has 3 aromatic rings. The molecule has 20 heavy (non-hydrogen) atoms. The third kappa shape index (κ3) is 2.35. The van der Waals surface area contributed by atoms with Crippen LogP contribution in [-0.4, -0.2) is 16.3 Å². The molecule has 0 aliphatic carbocycles. The fourth-order valence-electron chi connectivity index (χ4n) is 2.75. The molecule has 0 unspecified atom stereocenters. The van der Waals surface area contributed by atoms with Gasteiger partial charge in [0.15, 0.2) is 0 Å². The van der Waals surface area contributed by atoms with Crippen LogP contribution in [0.15, 0.2) is 54.7 Å². The topological polar surface area (TPSA) is 25.2 Å². The van der Waals surface area contributed by atoms with Crippen LogP contribution in [0.25, 0.3) is 22.0 Å². The largest absolute Gasteiger partial charge is 0.396 e. The Balaban J connectivity index is 2.09. The van der Waals surface area contributed by atoms with Gasteiger partial charge in [0.1, 0.15) is 0 Å². The predicted octanol–water partition coefficient (Wildman–Crippen LogP) is 3.77. The molecule has 1 aromatic heterocycles. The zero-order chi connectivity index (χ0) is 13.9. The van der Waals surface area contributed by atoms with E-state index in [1.165, 1.54) is 27.6 Å². The Hall–Kier alpha value is -2.06. The monoisotopic (exact) mass is 265 g/mol. The number of aromatic nitrogens is 1. The third-order valence-electron chi connectivity index (χ3n) is 3.78. The van der Waals surface area contributed by atoms with E-state index in [-0.39, 0.29) is 6.61 Å². The van der Waals surface area contributed by atoms with Gasteiger partial charge in [-0.25, -0.2) is 0 Å². The Kier molecular flexibility index (Phi) is 3.57. The summed E-state index contributed by atoms with van der Waals surface area (Å²) in [6.45, 7) is 0.245. The summed E-state index contributed by atoms with van der Waals surface area (Å²) >= 11 is 0. The lowest BCUT2D eigenvalue weighted by Gasteiger charge is -2.04. The summed E-state index contributed by atoms with van der Waals surface area (Å²) in [4.78, 5) is 0. The van der Waals surface area contributed by atoms with Crippen LogP contribution >= 0.6 is 0 Å². The fraction of sp³-hybridized carbons (Fsp3) is 0.222. The molecule has 0 atom stereocenters. The average molecular weight is 265 g/mol. The molecule has 0 fully saturated rings. The number of rotatable bonds is 4. The van der Waals surface area contributed by atoms with E-state index in [0.29, 0.717) is 0 Å². The van der Waals surface area contributed by atoms with Crippen LogP contribution in [0.5, 0.6) is 0 Å². The molecule has 0 bridgehead atoms. The van der Waals surface area contributed by atoms with Crippen molar-refractivity contribution in [2.75, 3.05) is 6.61 Å². The van der Waals surface area contributed by atoms with Crippen molar-refractivity contribution in [2.24, 2.45) is 7.05 Å². The van der Waals surface area contributed by atoms with E-state index < -0.39 is 0 Å². The van der Waals surface area contributed by atoms with Gasteiger partial charge in [-0.2, -0.15) is 0 Å². The molecule has 2 aromatic carbocycles. The maximum absolute atomic E-state index is 9.03. The average Bonchev–Trinajstić information content (AvgIpc) is 2.82. The molecule has 0 saturated heterocycles. The van der Waals surface area contributed by atoms with Gasteiger partial charge < -0.3 is 9.67 Å². The lowest BCUT2D eigenvalue weighted by molar-refractivity contribution is 0.288. The Bertz CT molecular complexity index is 713. The number of hydrogen-bond donors (Lipinski definition) is 1. The number of nitrogens with zero attached hydrogens (tertiary/aromatic N) is 1. The maximum atomic E-state index is 9.03. The summed E-state index contributed by atoms with van der Waals surface area (Å²) in [6.07, 6.45) is 3.91. The van der Waals surface area contributed by atoms with Crippen LogP contribution < -0.4 is 0 Å². The predicted molar refractivity (Wildman–Crippen MR) is 83.8 cm³/mol. The fourth-order valence-corrected chi connectivity index (χ4v) is 2.75. The van der Waals surface area contributed by atoms with Crippen molar-refractivity contribution in [2.45, 2.75) is 12.8 Å². The molecule has 2 nitrogen and oxygen atoms in total. The van der Waals surface area contributed by atoms with E-state index in [9.17, 15) is 0 Å². The molecule has 3 rings (SSSR count). The van der Waals surface area contributed by atoms with Crippen molar-refractivity contribution in [3.63, 3.8) is 0 Å². The first kappa shape index (κ1) is 12.9. The van der Waals surface area contributed by atoms with E-state index in [1.54, 1.807) is 0 Å². The molecule has 0 aliphatic rings.